The molecule has 0 atom stereocenters. The van der Waals surface area contributed by atoms with Crippen LogP contribution < -0.4 is 10.5 Å². The van der Waals surface area contributed by atoms with Crippen molar-refractivity contribution >= 4 is 17.2 Å². The highest BCUT2D eigenvalue weighted by atomic mass is 32.1. The van der Waals surface area contributed by atoms with E-state index in [9.17, 15) is 0 Å². The Balaban J connectivity index is 2.17. The fraction of sp³-hybridized carbons (Fsp3) is 0.267. The van der Waals surface area contributed by atoms with Crippen LogP contribution >= 0.6 is 12.2 Å². The van der Waals surface area contributed by atoms with E-state index in [1.165, 1.54) is 23.5 Å². The molecule has 0 radical (unpaired) electrons. The van der Waals surface area contributed by atoms with Gasteiger partial charge in [-0.1, -0.05) is 32.1 Å². The summed E-state index contributed by atoms with van der Waals surface area (Å²) in [6.45, 7) is 6.41. The van der Waals surface area contributed by atoms with Gasteiger partial charge in [0.15, 0.2) is 0 Å². The SMILES string of the molecule is Cc1cc(Oc2cnc(C(N)=S)cn2)ccc1C(C)C. The van der Waals surface area contributed by atoms with Crippen molar-refractivity contribution in [2.24, 2.45) is 5.73 Å². The van der Waals surface area contributed by atoms with E-state index < -0.39 is 0 Å². The third-order valence-corrected chi connectivity index (χ3v) is 3.18. The van der Waals surface area contributed by atoms with Crippen molar-refractivity contribution in [2.75, 3.05) is 0 Å². The van der Waals surface area contributed by atoms with Gasteiger partial charge in [0, 0.05) is 0 Å². The minimum absolute atomic E-state index is 0.223. The van der Waals surface area contributed by atoms with E-state index in [-0.39, 0.29) is 4.99 Å². The van der Waals surface area contributed by atoms with Crippen molar-refractivity contribution in [1.82, 2.24) is 9.97 Å². The molecular weight excluding hydrogens is 270 g/mol. The molecule has 1 aromatic heterocycles. The fourth-order valence-corrected chi connectivity index (χ4v) is 2.08. The van der Waals surface area contributed by atoms with Gasteiger partial charge in [0.1, 0.15) is 16.4 Å². The average Bonchev–Trinajstić information content (AvgIpc) is 2.39. The molecule has 0 amide bonds. The van der Waals surface area contributed by atoms with Crippen LogP contribution in [-0.4, -0.2) is 15.0 Å². The summed E-state index contributed by atoms with van der Waals surface area (Å²) in [7, 11) is 0. The zero-order chi connectivity index (χ0) is 14.7. The smallest absolute Gasteiger partial charge is 0.237 e. The van der Waals surface area contributed by atoms with E-state index in [4.69, 9.17) is 22.7 Å². The molecule has 2 rings (SSSR count). The monoisotopic (exact) mass is 287 g/mol. The van der Waals surface area contributed by atoms with Gasteiger partial charge < -0.3 is 10.5 Å². The summed E-state index contributed by atoms with van der Waals surface area (Å²) in [5.74, 6) is 1.65. The number of nitrogens with two attached hydrogens (primary N) is 1. The number of thiocarbonyl (C=S) groups is 1. The zero-order valence-corrected chi connectivity index (χ0v) is 12.6. The summed E-state index contributed by atoms with van der Waals surface area (Å²) in [5, 5.41) is 0. The van der Waals surface area contributed by atoms with E-state index in [1.807, 2.05) is 12.1 Å². The molecule has 20 heavy (non-hydrogen) atoms. The number of nitrogens with zero attached hydrogens (tertiary/aromatic N) is 2. The van der Waals surface area contributed by atoms with Crippen LogP contribution in [-0.2, 0) is 0 Å². The summed E-state index contributed by atoms with van der Waals surface area (Å²) in [5.41, 5.74) is 8.47. The van der Waals surface area contributed by atoms with E-state index >= 15 is 0 Å². The standard InChI is InChI=1S/C15H17N3OS/c1-9(2)12-5-4-11(6-10(12)3)19-14-8-17-13(7-18-14)15(16)20/h4-9H,1-3H3,(H2,16,20). The molecule has 0 spiro atoms. The molecule has 1 heterocycles. The summed E-state index contributed by atoms with van der Waals surface area (Å²) in [6.07, 6.45) is 3.02. The number of aromatic nitrogens is 2. The lowest BCUT2D eigenvalue weighted by molar-refractivity contribution is 0.459. The van der Waals surface area contributed by atoms with Crippen LogP contribution in [0.25, 0.3) is 0 Å². The highest BCUT2D eigenvalue weighted by molar-refractivity contribution is 7.80. The molecule has 104 valence electrons. The van der Waals surface area contributed by atoms with E-state index in [0.29, 0.717) is 17.5 Å². The molecular formula is C15H17N3OS. The summed E-state index contributed by atoms with van der Waals surface area (Å²) in [6, 6.07) is 6.01. The Labute approximate surface area is 124 Å². The molecule has 4 nitrogen and oxygen atoms in total. The molecule has 0 bridgehead atoms. The first-order valence-electron chi connectivity index (χ1n) is 6.37. The molecule has 2 aromatic rings. The lowest BCUT2D eigenvalue weighted by Crippen LogP contribution is -2.11. The highest BCUT2D eigenvalue weighted by Gasteiger charge is 2.06. The number of aryl methyl sites for hydroxylation is 1. The average molecular weight is 287 g/mol. The second-order valence-corrected chi connectivity index (χ2v) is 5.32. The lowest BCUT2D eigenvalue weighted by atomic mass is 9.98. The Kier molecular flexibility index (Phi) is 4.29. The maximum absolute atomic E-state index is 5.67. The Hall–Kier alpha value is -2.01. The molecule has 1 aromatic carbocycles. The van der Waals surface area contributed by atoms with Crippen molar-refractivity contribution in [1.29, 1.82) is 0 Å². The van der Waals surface area contributed by atoms with Crippen LogP contribution in [0.15, 0.2) is 30.6 Å². The largest absolute Gasteiger partial charge is 0.437 e. The van der Waals surface area contributed by atoms with Gasteiger partial charge in [0.05, 0.1) is 12.4 Å². The van der Waals surface area contributed by atoms with E-state index in [0.717, 1.165) is 5.75 Å². The van der Waals surface area contributed by atoms with Gasteiger partial charge in [0.25, 0.3) is 0 Å². The van der Waals surface area contributed by atoms with Crippen LogP contribution in [0, 0.1) is 6.92 Å². The van der Waals surface area contributed by atoms with Crippen molar-refractivity contribution in [2.45, 2.75) is 26.7 Å². The third kappa shape index (κ3) is 3.30. The molecule has 0 aliphatic rings. The van der Waals surface area contributed by atoms with Crippen LogP contribution in [0.5, 0.6) is 11.6 Å². The zero-order valence-electron chi connectivity index (χ0n) is 11.8. The first-order valence-corrected chi connectivity index (χ1v) is 6.78. The fourth-order valence-electron chi connectivity index (χ4n) is 1.98. The third-order valence-electron chi connectivity index (χ3n) is 2.97. The molecule has 5 heteroatoms. The molecule has 0 saturated carbocycles. The first kappa shape index (κ1) is 14.4. The minimum Gasteiger partial charge on any atom is -0.437 e. The summed E-state index contributed by atoms with van der Waals surface area (Å²) >= 11 is 4.83. The molecule has 0 saturated heterocycles. The molecule has 0 aliphatic heterocycles. The molecule has 0 aliphatic carbocycles. The quantitative estimate of drug-likeness (QED) is 0.874. The van der Waals surface area contributed by atoms with Crippen molar-refractivity contribution < 1.29 is 4.74 Å². The lowest BCUT2D eigenvalue weighted by Gasteiger charge is -2.11. The number of rotatable bonds is 4. The number of benzene rings is 1. The summed E-state index contributed by atoms with van der Waals surface area (Å²) < 4.78 is 5.67. The molecule has 0 unspecified atom stereocenters. The Morgan fingerprint density at radius 2 is 2.00 bits per heavy atom. The number of hydrogen-bond donors (Lipinski definition) is 1. The van der Waals surface area contributed by atoms with Crippen molar-refractivity contribution in [3.8, 4) is 11.6 Å². The van der Waals surface area contributed by atoms with Crippen molar-refractivity contribution in [3.05, 3.63) is 47.4 Å². The van der Waals surface area contributed by atoms with E-state index in [2.05, 4.69) is 36.8 Å². The van der Waals surface area contributed by atoms with Gasteiger partial charge in [-0.2, -0.15) is 0 Å². The van der Waals surface area contributed by atoms with Gasteiger partial charge in [0.2, 0.25) is 5.88 Å². The summed E-state index contributed by atoms with van der Waals surface area (Å²) in [4.78, 5) is 8.44. The van der Waals surface area contributed by atoms with E-state index in [1.54, 1.807) is 0 Å². The maximum atomic E-state index is 5.67. The number of ether oxygens (including phenoxy) is 1. The van der Waals surface area contributed by atoms with Crippen molar-refractivity contribution in [3.63, 3.8) is 0 Å². The highest BCUT2D eigenvalue weighted by Crippen LogP contribution is 2.25. The Morgan fingerprint density at radius 3 is 2.50 bits per heavy atom. The topological polar surface area (TPSA) is 61.0 Å². The van der Waals surface area contributed by atoms with Gasteiger partial charge in [-0.25, -0.2) is 9.97 Å². The first-order chi connectivity index (χ1) is 9.47. The number of hydrogen-bond acceptors (Lipinski definition) is 4. The predicted molar refractivity (Wildman–Crippen MR) is 83.3 cm³/mol. The van der Waals surface area contributed by atoms with Gasteiger partial charge in [-0.05, 0) is 36.1 Å². The van der Waals surface area contributed by atoms with Gasteiger partial charge >= 0.3 is 0 Å². The van der Waals surface area contributed by atoms with Gasteiger partial charge in [-0.3, -0.25) is 0 Å². The van der Waals surface area contributed by atoms with Crippen LogP contribution in [0.2, 0.25) is 0 Å². The van der Waals surface area contributed by atoms with Crippen LogP contribution in [0.4, 0.5) is 0 Å². The Bertz CT molecular complexity index is 624. The predicted octanol–water partition coefficient (Wildman–Crippen LogP) is 3.33. The van der Waals surface area contributed by atoms with Crippen LogP contribution in [0.1, 0.15) is 36.6 Å². The maximum Gasteiger partial charge on any atom is 0.237 e. The Morgan fingerprint density at radius 1 is 1.25 bits per heavy atom. The second kappa shape index (κ2) is 5.96. The van der Waals surface area contributed by atoms with Crippen LogP contribution in [0.3, 0.4) is 0 Å². The minimum atomic E-state index is 0.223. The normalized spacial score (nSPS) is 10.6. The molecule has 2 N–H and O–H groups in total. The molecule has 0 fully saturated rings. The second-order valence-electron chi connectivity index (χ2n) is 4.88. The van der Waals surface area contributed by atoms with Gasteiger partial charge in [-0.15, -0.1) is 0 Å².